The fourth-order valence-corrected chi connectivity index (χ4v) is 6.94. The van der Waals surface area contributed by atoms with Crippen molar-refractivity contribution >= 4 is 32.4 Å². The van der Waals surface area contributed by atoms with E-state index in [1.54, 1.807) is 0 Å². The Bertz CT molecular complexity index is 40.7. The molecule has 1 atom stereocenters. The minimum atomic E-state index is -0.405. The molecule has 0 aliphatic carbocycles. The molecule has 0 heterocycles. The Balaban J connectivity index is 2.83. The van der Waals surface area contributed by atoms with E-state index >= 15 is 0 Å². The summed E-state index contributed by atoms with van der Waals surface area (Å²) in [6.45, 7) is 2.23. The third-order valence-electron chi connectivity index (χ3n) is 0.568. The molecule has 0 aromatic rings. The molecule has 0 nitrogen and oxygen atoms in total. The quantitative estimate of drug-likeness (QED) is 0.638. The summed E-state index contributed by atoms with van der Waals surface area (Å²) in [5, 5.41) is 0. The van der Waals surface area contributed by atoms with Gasteiger partial charge >= 0.3 is 57.0 Å². The Hall–Kier alpha value is 1.26. The van der Waals surface area contributed by atoms with Crippen LogP contribution in [0.25, 0.3) is 0 Å². The summed E-state index contributed by atoms with van der Waals surface area (Å²) in [6, 6.07) is 0. The molecule has 0 spiro atoms. The van der Waals surface area contributed by atoms with Gasteiger partial charge in [-0.25, -0.2) is 0 Å². The second-order valence-electron chi connectivity index (χ2n) is 1.04. The van der Waals surface area contributed by atoms with Crippen LogP contribution in [0.4, 0.5) is 0 Å². The first-order valence-corrected chi connectivity index (χ1v) is 10.8. The number of hydrogen-bond donors (Lipinski definition) is 0. The van der Waals surface area contributed by atoms with Crippen molar-refractivity contribution < 1.29 is 0 Å². The van der Waals surface area contributed by atoms with Gasteiger partial charge in [-0.2, -0.15) is 0 Å². The minimum absolute atomic E-state index is 0.405. The van der Waals surface area contributed by atoms with Gasteiger partial charge in [0.05, 0.1) is 0 Å². The second kappa shape index (κ2) is 5.40. The third kappa shape index (κ3) is 5.12. The maximum atomic E-state index is 2.38. The van der Waals surface area contributed by atoms with Gasteiger partial charge < -0.3 is 0 Å². The summed E-state index contributed by atoms with van der Waals surface area (Å²) < 4.78 is 0. The van der Waals surface area contributed by atoms with E-state index < -0.39 is 12.3 Å². The average Bonchev–Trinajstić information content (AvgIpc) is 1.68. The summed E-state index contributed by atoms with van der Waals surface area (Å²) >= 11 is -0.405. The third-order valence-corrected chi connectivity index (χ3v) is 12.8. The van der Waals surface area contributed by atoms with E-state index in [2.05, 4.69) is 38.9 Å². The van der Waals surface area contributed by atoms with Crippen molar-refractivity contribution in [2.45, 2.75) is 12.6 Å². The van der Waals surface area contributed by atoms with E-state index in [1.807, 2.05) is 0 Å². The Morgan fingerprint density at radius 2 is 2.14 bits per heavy atom. The first-order chi connectivity index (χ1) is 3.31. The molecule has 0 aliphatic rings. The molecule has 3 heteroatoms. The van der Waals surface area contributed by atoms with Crippen LogP contribution in [-0.2, 0) is 0 Å². The Morgan fingerprint density at radius 3 is 2.29 bits per heavy atom. The van der Waals surface area contributed by atoms with Crippen molar-refractivity contribution in [3.05, 3.63) is 0 Å². The summed E-state index contributed by atoms with van der Waals surface area (Å²) in [7, 11) is 4.20. The van der Waals surface area contributed by atoms with Crippen molar-refractivity contribution in [2.75, 3.05) is 12.0 Å². The van der Waals surface area contributed by atoms with Gasteiger partial charge in [-0.15, -0.1) is 0 Å². The zero-order chi connectivity index (χ0) is 5.70. The molecule has 0 rings (SSSR count). The standard InChI is InChI=1S/C4H11AsS2/c1-4-7-5(2)6-3/h4H2,1-3H3. The van der Waals surface area contributed by atoms with Crippen molar-refractivity contribution in [1.82, 2.24) is 0 Å². The maximum absolute atomic E-state index is 2.38. The fourth-order valence-electron chi connectivity index (χ4n) is 0.235. The summed E-state index contributed by atoms with van der Waals surface area (Å²) in [5.41, 5.74) is 2.38. The van der Waals surface area contributed by atoms with Crippen molar-refractivity contribution in [3.8, 4) is 0 Å². The molecule has 7 heavy (non-hydrogen) atoms. The first kappa shape index (κ1) is 8.26. The summed E-state index contributed by atoms with van der Waals surface area (Å²) in [6.07, 6.45) is 2.21. The molecule has 0 aliphatic heterocycles. The van der Waals surface area contributed by atoms with Crippen LogP contribution in [0.15, 0.2) is 0 Å². The summed E-state index contributed by atoms with van der Waals surface area (Å²) in [5.74, 6) is 1.30. The van der Waals surface area contributed by atoms with Crippen LogP contribution in [0.1, 0.15) is 6.92 Å². The van der Waals surface area contributed by atoms with E-state index in [9.17, 15) is 0 Å². The molecule has 0 N–H and O–H groups in total. The van der Waals surface area contributed by atoms with Crippen molar-refractivity contribution in [3.63, 3.8) is 0 Å². The van der Waals surface area contributed by atoms with E-state index in [-0.39, 0.29) is 0 Å². The SMILES string of the molecule is CCS[As](C)SC. The second-order valence-corrected chi connectivity index (χ2v) is 14.9. The normalized spacial score (nSPS) is 14.1. The van der Waals surface area contributed by atoms with Crippen molar-refractivity contribution in [1.29, 1.82) is 0 Å². The van der Waals surface area contributed by atoms with Crippen molar-refractivity contribution in [2.24, 2.45) is 0 Å². The topological polar surface area (TPSA) is 0 Å². The van der Waals surface area contributed by atoms with Gasteiger partial charge in [0.25, 0.3) is 0 Å². The molecule has 0 radical (unpaired) electrons. The molecule has 0 bridgehead atoms. The first-order valence-electron chi connectivity index (χ1n) is 2.22. The predicted octanol–water partition coefficient (Wildman–Crippen LogP) is 2.22. The molecular formula is C4H11AsS2. The van der Waals surface area contributed by atoms with E-state index in [1.165, 1.54) is 5.75 Å². The van der Waals surface area contributed by atoms with Gasteiger partial charge in [-0.3, -0.25) is 0 Å². The van der Waals surface area contributed by atoms with Crippen LogP contribution in [-0.4, -0.2) is 24.3 Å². The average molecular weight is 198 g/mol. The Morgan fingerprint density at radius 1 is 1.57 bits per heavy atom. The molecule has 0 aromatic carbocycles. The van der Waals surface area contributed by atoms with Crippen LogP contribution >= 0.6 is 20.0 Å². The van der Waals surface area contributed by atoms with Crippen LogP contribution in [0.3, 0.4) is 0 Å². The monoisotopic (exact) mass is 198 g/mol. The van der Waals surface area contributed by atoms with Gasteiger partial charge in [0.1, 0.15) is 0 Å². The molecule has 0 saturated carbocycles. The number of hydrogen-bond acceptors (Lipinski definition) is 2. The van der Waals surface area contributed by atoms with Gasteiger partial charge in [0.2, 0.25) is 0 Å². The summed E-state index contributed by atoms with van der Waals surface area (Å²) in [4.78, 5) is 0. The van der Waals surface area contributed by atoms with Gasteiger partial charge in [0.15, 0.2) is 0 Å². The predicted molar refractivity (Wildman–Crippen MR) is 43.3 cm³/mol. The van der Waals surface area contributed by atoms with Gasteiger partial charge in [0, 0.05) is 0 Å². The molecule has 44 valence electrons. The molecule has 0 aromatic heterocycles. The zero-order valence-corrected chi connectivity index (χ0v) is 8.48. The molecule has 0 saturated heterocycles. The molecular weight excluding hydrogens is 187 g/mol. The van der Waals surface area contributed by atoms with Crippen LogP contribution < -0.4 is 0 Å². The molecule has 1 unspecified atom stereocenters. The van der Waals surface area contributed by atoms with Gasteiger partial charge in [-0.1, -0.05) is 0 Å². The Labute approximate surface area is 57.1 Å². The van der Waals surface area contributed by atoms with E-state index in [0.29, 0.717) is 0 Å². The van der Waals surface area contributed by atoms with Crippen LogP contribution in [0.2, 0.25) is 5.71 Å². The number of rotatable bonds is 3. The fraction of sp³-hybridized carbons (Fsp3) is 1.00. The van der Waals surface area contributed by atoms with E-state index in [0.717, 1.165) is 0 Å². The van der Waals surface area contributed by atoms with Crippen LogP contribution in [0.5, 0.6) is 0 Å². The Kier molecular flexibility index (Phi) is 6.37. The van der Waals surface area contributed by atoms with Gasteiger partial charge in [-0.05, 0) is 0 Å². The molecule has 0 fully saturated rings. The molecule has 0 amide bonds. The zero-order valence-electron chi connectivity index (χ0n) is 4.97. The van der Waals surface area contributed by atoms with Crippen LogP contribution in [0, 0.1) is 0 Å². The van der Waals surface area contributed by atoms with E-state index in [4.69, 9.17) is 0 Å².